The van der Waals surface area contributed by atoms with Crippen molar-refractivity contribution in [3.05, 3.63) is 102 Å². The molecule has 3 aromatic rings. The van der Waals surface area contributed by atoms with Gasteiger partial charge in [-0.3, -0.25) is 0 Å². The van der Waals surface area contributed by atoms with E-state index in [0.717, 1.165) is 30.4 Å². The Labute approximate surface area is 311 Å². The van der Waals surface area contributed by atoms with Crippen LogP contribution in [-0.4, -0.2) is 76.3 Å². The molecule has 0 aromatic heterocycles. The second-order valence-corrected chi connectivity index (χ2v) is 11.9. The number of alkyl carbamates (subject to hydrolysis) is 1. The zero-order valence-electron chi connectivity index (χ0n) is 32.3. The molecule has 1 N–H and O–H groups in total. The third-order valence-electron chi connectivity index (χ3n) is 8.15. The van der Waals surface area contributed by atoms with Gasteiger partial charge < -0.3 is 33.7 Å². The molecule has 1 aliphatic rings. The van der Waals surface area contributed by atoms with Crippen LogP contribution in [0.2, 0.25) is 0 Å². The topological polar surface area (TPSA) is 114 Å². The van der Waals surface area contributed by atoms with Crippen LogP contribution >= 0.6 is 0 Å². The molecule has 1 aliphatic heterocycles. The lowest BCUT2D eigenvalue weighted by Crippen LogP contribution is -2.45. The highest BCUT2D eigenvalue weighted by Crippen LogP contribution is 2.46. The smallest absolute Gasteiger partial charge is 0.407 e. The van der Waals surface area contributed by atoms with Crippen molar-refractivity contribution in [2.45, 2.75) is 85.3 Å². The lowest BCUT2D eigenvalue weighted by Gasteiger charge is -2.38. The maximum Gasteiger partial charge on any atom is 0.407 e. The second-order valence-electron chi connectivity index (χ2n) is 11.9. The average molecular weight is 721 g/mol. The van der Waals surface area contributed by atoms with E-state index >= 15 is 0 Å². The summed E-state index contributed by atoms with van der Waals surface area (Å²) in [5.74, 6) is 0.925. The van der Waals surface area contributed by atoms with Gasteiger partial charge in [0, 0.05) is 24.9 Å². The molecule has 0 radical (unpaired) electrons. The lowest BCUT2D eigenvalue weighted by molar-refractivity contribution is -0.149. The van der Waals surface area contributed by atoms with Gasteiger partial charge >= 0.3 is 12.1 Å². The van der Waals surface area contributed by atoms with Crippen molar-refractivity contribution in [1.29, 1.82) is 0 Å². The van der Waals surface area contributed by atoms with E-state index < -0.39 is 17.2 Å². The Kier molecular flexibility index (Phi) is 20.8. The molecule has 0 saturated heterocycles. The number of nitrogens with one attached hydrogen (secondary N) is 1. The summed E-state index contributed by atoms with van der Waals surface area (Å²) in [6.07, 6.45) is 2.55. The number of nitrogens with zero attached hydrogens (tertiary/aromatic N) is 1. The van der Waals surface area contributed by atoms with Crippen molar-refractivity contribution < 1.29 is 38.0 Å². The van der Waals surface area contributed by atoms with E-state index in [0.29, 0.717) is 51.0 Å². The fourth-order valence-electron chi connectivity index (χ4n) is 5.24. The van der Waals surface area contributed by atoms with Crippen LogP contribution < -0.4 is 10.1 Å². The fraction of sp³-hybridized carbons (Fsp3) is 0.500. The molecule has 0 bridgehead atoms. The minimum atomic E-state index is -0.658. The van der Waals surface area contributed by atoms with Crippen LogP contribution in [0.5, 0.6) is 5.75 Å². The number of unbranched alkanes of at least 4 members (excludes halogenated alkanes) is 1. The number of esters is 1. The van der Waals surface area contributed by atoms with Crippen LogP contribution in [0.25, 0.3) is 0 Å². The molecule has 52 heavy (non-hydrogen) atoms. The van der Waals surface area contributed by atoms with Gasteiger partial charge in [-0.05, 0) is 55.7 Å². The Morgan fingerprint density at radius 3 is 2.04 bits per heavy atom. The molecule has 0 unspecified atom stereocenters. The first-order valence-corrected chi connectivity index (χ1v) is 18.7. The van der Waals surface area contributed by atoms with Gasteiger partial charge in [-0.15, -0.1) is 0 Å². The zero-order valence-corrected chi connectivity index (χ0v) is 32.3. The van der Waals surface area contributed by atoms with E-state index in [4.69, 9.17) is 33.4 Å². The first-order chi connectivity index (χ1) is 25.3. The number of hydrogen-bond acceptors (Lipinski definition) is 9. The largest absolute Gasteiger partial charge is 0.493 e. The molecule has 0 spiro atoms. The summed E-state index contributed by atoms with van der Waals surface area (Å²) < 4.78 is 33.3. The predicted octanol–water partition coefficient (Wildman–Crippen LogP) is 8.30. The number of amides is 1. The highest BCUT2D eigenvalue weighted by atomic mass is 16.6. The van der Waals surface area contributed by atoms with E-state index in [-0.39, 0.29) is 25.8 Å². The van der Waals surface area contributed by atoms with E-state index in [9.17, 15) is 9.59 Å². The Hall–Kier alpha value is -4.41. The van der Waals surface area contributed by atoms with Gasteiger partial charge in [0.2, 0.25) is 5.90 Å². The van der Waals surface area contributed by atoms with Crippen molar-refractivity contribution in [2.75, 3.05) is 52.8 Å². The summed E-state index contributed by atoms with van der Waals surface area (Å²) >= 11 is 0. The van der Waals surface area contributed by atoms with Crippen molar-refractivity contribution in [3.63, 3.8) is 0 Å². The van der Waals surface area contributed by atoms with Crippen LogP contribution in [0.15, 0.2) is 89.9 Å². The standard InChI is InChI=1S/C38H48N2O8.2C2H6/c1-4-5-22-46-34(41)29-44-27-26-43-25-21-39-36(42)47-24-12-23-45-33-19-17-31(18-20-33)35-40-37(2,28-30-13-8-6-9-14-30)38(3,48-35)32-15-10-7-11-16-32;2*1-2/h6-11,13-20H,4-5,12,21-29H2,1-3H3,(H,39,42);2*1-2H3/t37-,38-;;/m0../s1. The predicted molar refractivity (Wildman–Crippen MR) is 206 cm³/mol. The Morgan fingerprint density at radius 2 is 1.37 bits per heavy atom. The van der Waals surface area contributed by atoms with Crippen LogP contribution in [0.1, 0.15) is 84.4 Å². The first-order valence-electron chi connectivity index (χ1n) is 18.7. The van der Waals surface area contributed by atoms with Gasteiger partial charge in [-0.2, -0.15) is 0 Å². The van der Waals surface area contributed by atoms with Gasteiger partial charge in [0.25, 0.3) is 0 Å². The molecule has 4 rings (SSSR count). The van der Waals surface area contributed by atoms with Crippen molar-refractivity contribution >= 4 is 18.0 Å². The summed E-state index contributed by atoms with van der Waals surface area (Å²) in [6.45, 7) is 16.4. The molecule has 0 saturated carbocycles. The van der Waals surface area contributed by atoms with E-state index in [1.165, 1.54) is 5.56 Å². The molecular weight excluding hydrogens is 660 g/mol. The van der Waals surface area contributed by atoms with Crippen LogP contribution in [0.3, 0.4) is 0 Å². The molecular formula is C42H60N2O8. The van der Waals surface area contributed by atoms with E-state index in [1.807, 2.05) is 83.1 Å². The molecule has 286 valence electrons. The number of benzene rings is 3. The number of carbonyl (C=O) groups excluding carboxylic acids is 2. The quantitative estimate of drug-likeness (QED) is 0.0916. The third-order valence-corrected chi connectivity index (χ3v) is 8.15. The Balaban J connectivity index is 0.00000226. The summed E-state index contributed by atoms with van der Waals surface area (Å²) in [4.78, 5) is 28.5. The summed E-state index contributed by atoms with van der Waals surface area (Å²) in [5, 5.41) is 2.63. The summed E-state index contributed by atoms with van der Waals surface area (Å²) in [6, 6.07) is 28.3. The highest BCUT2D eigenvalue weighted by Gasteiger charge is 2.53. The van der Waals surface area contributed by atoms with Crippen LogP contribution in [0, 0.1) is 0 Å². The number of hydrogen-bond donors (Lipinski definition) is 1. The van der Waals surface area contributed by atoms with Crippen LogP contribution in [0.4, 0.5) is 4.79 Å². The normalized spacial score (nSPS) is 17.2. The number of carbonyl (C=O) groups is 2. The summed E-state index contributed by atoms with van der Waals surface area (Å²) in [7, 11) is 0. The van der Waals surface area contributed by atoms with Gasteiger partial charge in [-0.1, -0.05) is 102 Å². The van der Waals surface area contributed by atoms with Gasteiger partial charge in [0.05, 0.1) is 39.6 Å². The van der Waals surface area contributed by atoms with Gasteiger partial charge in [-0.25, -0.2) is 14.6 Å². The van der Waals surface area contributed by atoms with Crippen LogP contribution in [-0.2, 0) is 40.5 Å². The monoisotopic (exact) mass is 720 g/mol. The van der Waals surface area contributed by atoms with Gasteiger partial charge in [0.15, 0.2) is 5.60 Å². The third kappa shape index (κ3) is 14.3. The van der Waals surface area contributed by atoms with Crippen molar-refractivity contribution in [2.24, 2.45) is 4.99 Å². The molecule has 1 amide bonds. The Bertz CT molecular complexity index is 1440. The van der Waals surface area contributed by atoms with Gasteiger partial charge in [0.1, 0.15) is 17.9 Å². The highest BCUT2D eigenvalue weighted by molar-refractivity contribution is 5.96. The Morgan fingerprint density at radius 1 is 0.731 bits per heavy atom. The number of ether oxygens (including phenoxy) is 6. The summed E-state index contributed by atoms with van der Waals surface area (Å²) in [5.41, 5.74) is 1.97. The molecule has 10 nitrogen and oxygen atoms in total. The fourth-order valence-corrected chi connectivity index (χ4v) is 5.24. The SMILES string of the molecule is CC.CC.CCCCOC(=O)COCCOCCNC(=O)OCCCOc1ccc(C2=N[C@@](C)(Cc3ccccc3)[C@](C)(c3ccccc3)O2)cc1. The first kappa shape index (κ1) is 43.8. The number of rotatable bonds is 20. The molecule has 0 aliphatic carbocycles. The molecule has 10 heteroatoms. The molecule has 3 aromatic carbocycles. The number of aliphatic imine (C=N–C) groups is 1. The molecule has 0 fully saturated rings. The second kappa shape index (κ2) is 24.7. The molecule has 2 atom stereocenters. The zero-order chi connectivity index (χ0) is 38.1. The van der Waals surface area contributed by atoms with Crippen molar-refractivity contribution in [1.82, 2.24) is 5.32 Å². The molecule has 1 heterocycles. The minimum Gasteiger partial charge on any atom is -0.493 e. The van der Waals surface area contributed by atoms with E-state index in [1.54, 1.807) is 0 Å². The maximum atomic E-state index is 11.9. The minimum absolute atomic E-state index is 0.0960. The van der Waals surface area contributed by atoms with Crippen molar-refractivity contribution in [3.8, 4) is 5.75 Å². The van der Waals surface area contributed by atoms with E-state index in [2.05, 4.69) is 55.6 Å². The lowest BCUT2D eigenvalue weighted by atomic mass is 9.74. The maximum absolute atomic E-state index is 11.9. The average Bonchev–Trinajstić information content (AvgIpc) is 3.45.